The van der Waals surface area contributed by atoms with Crippen molar-refractivity contribution >= 4 is 33.3 Å². The average molecular weight is 415 g/mol. The predicted octanol–water partition coefficient (Wildman–Crippen LogP) is 2.66. The topological polar surface area (TPSA) is 83.6 Å². The van der Waals surface area contributed by atoms with Crippen LogP contribution < -0.4 is 5.32 Å². The molecule has 0 saturated heterocycles. The van der Waals surface area contributed by atoms with Crippen LogP contribution in [0.15, 0.2) is 24.3 Å². The normalized spacial score (nSPS) is 16.6. The highest BCUT2D eigenvalue weighted by Crippen LogP contribution is 2.22. The van der Waals surface area contributed by atoms with Gasteiger partial charge in [-0.2, -0.15) is 0 Å². The first-order valence-corrected chi connectivity index (χ1v) is 11.6. The number of nitrogens with zero attached hydrogens (tertiary/aromatic N) is 1. The molecule has 0 aliphatic heterocycles. The van der Waals surface area contributed by atoms with Crippen LogP contribution in [-0.2, 0) is 14.6 Å². The highest BCUT2D eigenvalue weighted by atomic mass is 35.5. The molecule has 150 valence electrons. The van der Waals surface area contributed by atoms with E-state index in [1.54, 1.807) is 36.2 Å². The average Bonchev–Trinajstić information content (AvgIpc) is 2.64. The smallest absolute Gasteiger partial charge is 0.251 e. The summed E-state index contributed by atoms with van der Waals surface area (Å²) in [6.45, 7) is 0. The molecule has 1 saturated carbocycles. The molecule has 27 heavy (non-hydrogen) atoms. The summed E-state index contributed by atoms with van der Waals surface area (Å²) in [4.78, 5) is 27.2. The Hall–Kier alpha value is -1.60. The predicted molar refractivity (Wildman–Crippen MR) is 107 cm³/mol. The van der Waals surface area contributed by atoms with Crippen LogP contribution in [0, 0.1) is 0 Å². The molecule has 6 nitrogen and oxygen atoms in total. The summed E-state index contributed by atoms with van der Waals surface area (Å²) in [7, 11) is -1.51. The Morgan fingerprint density at radius 1 is 1.19 bits per heavy atom. The van der Waals surface area contributed by atoms with Crippen LogP contribution in [0.3, 0.4) is 0 Å². The van der Waals surface area contributed by atoms with Crippen molar-refractivity contribution in [1.29, 1.82) is 0 Å². The number of nitrogens with one attached hydrogen (secondary N) is 1. The first-order chi connectivity index (χ1) is 12.7. The molecule has 0 heterocycles. The lowest BCUT2D eigenvalue weighted by molar-refractivity contribution is -0.134. The Morgan fingerprint density at radius 3 is 2.33 bits per heavy atom. The molecule has 1 aromatic rings. The zero-order valence-corrected chi connectivity index (χ0v) is 17.4. The molecular formula is C19H27ClN2O4S. The SMILES string of the molecule is CN(C(=O)C(CCS(C)(=O)=O)NC(=O)c1ccc(Cl)cc1)C1CCCCC1. The second-order valence-corrected chi connectivity index (χ2v) is 9.89. The first kappa shape index (κ1) is 21.7. The van der Waals surface area contributed by atoms with Crippen LogP contribution in [0.4, 0.5) is 0 Å². The van der Waals surface area contributed by atoms with Gasteiger partial charge in [0.1, 0.15) is 15.9 Å². The van der Waals surface area contributed by atoms with E-state index in [9.17, 15) is 18.0 Å². The summed E-state index contributed by atoms with van der Waals surface area (Å²) in [6, 6.07) is 5.59. The molecule has 1 unspecified atom stereocenters. The number of carbonyl (C=O) groups is 2. The lowest BCUT2D eigenvalue weighted by atomic mass is 9.94. The Labute approximate surface area is 166 Å². The molecule has 1 fully saturated rings. The van der Waals surface area contributed by atoms with E-state index in [-0.39, 0.29) is 24.1 Å². The van der Waals surface area contributed by atoms with E-state index >= 15 is 0 Å². The number of halogens is 1. The fourth-order valence-corrected chi connectivity index (χ4v) is 4.12. The van der Waals surface area contributed by atoms with E-state index in [2.05, 4.69) is 5.32 Å². The van der Waals surface area contributed by atoms with Crippen molar-refractivity contribution in [2.24, 2.45) is 0 Å². The minimum absolute atomic E-state index is 0.0497. The Kier molecular flexibility index (Phi) is 7.68. The second kappa shape index (κ2) is 9.55. The van der Waals surface area contributed by atoms with Gasteiger partial charge in [0.25, 0.3) is 5.91 Å². The third kappa shape index (κ3) is 6.81. The van der Waals surface area contributed by atoms with Gasteiger partial charge in [-0.05, 0) is 43.5 Å². The zero-order chi connectivity index (χ0) is 20.0. The number of sulfone groups is 1. The number of carbonyl (C=O) groups excluding carboxylic acids is 2. The van der Waals surface area contributed by atoms with Gasteiger partial charge in [-0.25, -0.2) is 8.42 Å². The zero-order valence-electron chi connectivity index (χ0n) is 15.8. The quantitative estimate of drug-likeness (QED) is 0.743. The van der Waals surface area contributed by atoms with Crippen molar-refractivity contribution in [1.82, 2.24) is 10.2 Å². The summed E-state index contributed by atoms with van der Waals surface area (Å²) in [5, 5.41) is 3.22. The lowest BCUT2D eigenvalue weighted by Crippen LogP contribution is -2.51. The van der Waals surface area contributed by atoms with Gasteiger partial charge in [0.05, 0.1) is 5.75 Å². The van der Waals surface area contributed by atoms with Crippen molar-refractivity contribution in [2.45, 2.75) is 50.6 Å². The van der Waals surface area contributed by atoms with Gasteiger partial charge in [-0.3, -0.25) is 9.59 Å². The molecule has 1 aromatic carbocycles. The van der Waals surface area contributed by atoms with Gasteiger partial charge in [-0.1, -0.05) is 30.9 Å². The molecule has 0 spiro atoms. The van der Waals surface area contributed by atoms with Crippen molar-refractivity contribution in [3.63, 3.8) is 0 Å². The maximum absolute atomic E-state index is 13.0. The minimum atomic E-state index is -3.25. The molecule has 2 rings (SSSR count). The van der Waals surface area contributed by atoms with E-state index in [1.165, 1.54) is 6.42 Å². The van der Waals surface area contributed by atoms with Gasteiger partial charge in [0.15, 0.2) is 0 Å². The van der Waals surface area contributed by atoms with Gasteiger partial charge >= 0.3 is 0 Å². The Balaban J connectivity index is 2.12. The number of likely N-dealkylation sites (N-methyl/N-ethyl adjacent to an activating group) is 1. The van der Waals surface area contributed by atoms with Crippen LogP contribution >= 0.6 is 11.6 Å². The molecule has 0 bridgehead atoms. The summed E-state index contributed by atoms with van der Waals surface area (Å²) < 4.78 is 23.1. The van der Waals surface area contributed by atoms with E-state index < -0.39 is 21.8 Å². The fraction of sp³-hybridized carbons (Fsp3) is 0.579. The summed E-state index contributed by atoms with van der Waals surface area (Å²) in [5.74, 6) is -0.827. The van der Waals surface area contributed by atoms with Crippen molar-refractivity contribution in [3.8, 4) is 0 Å². The molecule has 1 atom stereocenters. The summed E-state index contributed by atoms with van der Waals surface area (Å²) >= 11 is 5.84. The molecule has 2 amide bonds. The lowest BCUT2D eigenvalue weighted by Gasteiger charge is -2.34. The number of hydrogen-bond donors (Lipinski definition) is 1. The van der Waals surface area contributed by atoms with Crippen molar-refractivity contribution < 1.29 is 18.0 Å². The number of rotatable bonds is 7. The van der Waals surface area contributed by atoms with E-state index in [1.807, 2.05) is 0 Å². The Bertz CT molecular complexity index is 758. The second-order valence-electron chi connectivity index (χ2n) is 7.19. The minimum Gasteiger partial charge on any atom is -0.341 e. The molecule has 1 N–H and O–H groups in total. The standard InChI is InChI=1S/C19H27ClN2O4S/c1-22(16-6-4-3-5-7-16)19(24)17(12-13-27(2,25)26)21-18(23)14-8-10-15(20)11-9-14/h8-11,16-17H,3-7,12-13H2,1-2H3,(H,21,23). The summed E-state index contributed by atoms with van der Waals surface area (Å²) in [6.07, 6.45) is 6.37. The van der Waals surface area contributed by atoms with Crippen LogP contribution in [0.25, 0.3) is 0 Å². The van der Waals surface area contributed by atoms with Gasteiger partial charge in [0.2, 0.25) is 5.91 Å². The Morgan fingerprint density at radius 2 is 1.78 bits per heavy atom. The van der Waals surface area contributed by atoms with Crippen LogP contribution in [-0.4, -0.2) is 56.3 Å². The summed E-state index contributed by atoms with van der Waals surface area (Å²) in [5.41, 5.74) is 0.372. The molecule has 0 aromatic heterocycles. The van der Waals surface area contributed by atoms with Crippen LogP contribution in [0.5, 0.6) is 0 Å². The molecule has 8 heteroatoms. The van der Waals surface area contributed by atoms with Crippen molar-refractivity contribution in [3.05, 3.63) is 34.9 Å². The largest absolute Gasteiger partial charge is 0.341 e. The van der Waals surface area contributed by atoms with Crippen molar-refractivity contribution in [2.75, 3.05) is 19.1 Å². The van der Waals surface area contributed by atoms with Crippen LogP contribution in [0.2, 0.25) is 5.02 Å². The molecule has 1 aliphatic carbocycles. The van der Waals surface area contributed by atoms with E-state index in [0.717, 1.165) is 31.9 Å². The van der Waals surface area contributed by atoms with Gasteiger partial charge in [0, 0.05) is 29.9 Å². The van der Waals surface area contributed by atoms with Crippen LogP contribution in [0.1, 0.15) is 48.9 Å². The highest BCUT2D eigenvalue weighted by Gasteiger charge is 2.30. The number of hydrogen-bond acceptors (Lipinski definition) is 4. The fourth-order valence-electron chi connectivity index (χ4n) is 3.33. The van der Waals surface area contributed by atoms with Gasteiger partial charge < -0.3 is 10.2 Å². The third-order valence-electron chi connectivity index (χ3n) is 4.96. The third-order valence-corrected chi connectivity index (χ3v) is 6.19. The maximum Gasteiger partial charge on any atom is 0.251 e. The number of benzene rings is 1. The molecule has 1 aliphatic rings. The maximum atomic E-state index is 13.0. The first-order valence-electron chi connectivity index (χ1n) is 9.18. The number of amides is 2. The molecule has 0 radical (unpaired) electrons. The van der Waals surface area contributed by atoms with E-state index in [0.29, 0.717) is 10.6 Å². The monoisotopic (exact) mass is 414 g/mol. The van der Waals surface area contributed by atoms with E-state index in [4.69, 9.17) is 11.6 Å². The van der Waals surface area contributed by atoms with Gasteiger partial charge in [-0.15, -0.1) is 0 Å². The highest BCUT2D eigenvalue weighted by molar-refractivity contribution is 7.90. The molecular weight excluding hydrogens is 388 g/mol.